The topological polar surface area (TPSA) is 50.4 Å². The van der Waals surface area contributed by atoms with Gasteiger partial charge in [-0.3, -0.25) is 4.79 Å². The van der Waals surface area contributed by atoms with Crippen molar-refractivity contribution in [2.45, 2.75) is 13.1 Å². The van der Waals surface area contributed by atoms with E-state index in [4.69, 9.17) is 4.74 Å². The van der Waals surface area contributed by atoms with Gasteiger partial charge in [-0.15, -0.1) is 0 Å². The van der Waals surface area contributed by atoms with E-state index in [1.165, 1.54) is 24.3 Å². The summed E-state index contributed by atoms with van der Waals surface area (Å²) in [6.45, 7) is 2.29. The number of hydrogen-bond acceptors (Lipinski definition) is 3. The first-order chi connectivity index (χ1) is 12.3. The SMILES string of the molecule is CC(=Cc1ccc(C(=O)Nc2ccc3c(c2)OCCN3)cc1)C(F)(F)F. The molecule has 2 aromatic rings. The van der Waals surface area contributed by atoms with Gasteiger partial charge in [-0.2, -0.15) is 13.2 Å². The van der Waals surface area contributed by atoms with Crippen molar-refractivity contribution in [3.63, 3.8) is 0 Å². The van der Waals surface area contributed by atoms with Crippen LogP contribution >= 0.6 is 0 Å². The molecule has 1 aliphatic heterocycles. The van der Waals surface area contributed by atoms with Gasteiger partial charge < -0.3 is 15.4 Å². The molecular weight excluding hydrogens is 345 g/mol. The second-order valence-electron chi connectivity index (χ2n) is 5.89. The minimum atomic E-state index is -4.36. The van der Waals surface area contributed by atoms with Crippen molar-refractivity contribution >= 4 is 23.4 Å². The van der Waals surface area contributed by atoms with Crippen LogP contribution < -0.4 is 15.4 Å². The van der Waals surface area contributed by atoms with Gasteiger partial charge in [0.05, 0.1) is 5.69 Å². The van der Waals surface area contributed by atoms with Gasteiger partial charge in [-0.25, -0.2) is 0 Å². The summed E-state index contributed by atoms with van der Waals surface area (Å²) in [7, 11) is 0. The maximum absolute atomic E-state index is 12.6. The average Bonchev–Trinajstić information content (AvgIpc) is 2.61. The fraction of sp³-hybridized carbons (Fsp3) is 0.211. The van der Waals surface area contributed by atoms with Crippen LogP contribution in [0.4, 0.5) is 24.5 Å². The Kier molecular flexibility index (Phi) is 4.88. The lowest BCUT2D eigenvalue weighted by atomic mass is 10.1. The summed E-state index contributed by atoms with van der Waals surface area (Å²) in [5.41, 5.74) is 1.48. The van der Waals surface area contributed by atoms with Crippen molar-refractivity contribution in [3.8, 4) is 5.75 Å². The zero-order valence-electron chi connectivity index (χ0n) is 14.0. The lowest BCUT2D eigenvalue weighted by molar-refractivity contribution is -0.0903. The van der Waals surface area contributed by atoms with E-state index in [0.717, 1.165) is 25.2 Å². The monoisotopic (exact) mass is 362 g/mol. The fourth-order valence-electron chi connectivity index (χ4n) is 2.48. The Balaban J connectivity index is 1.71. The van der Waals surface area contributed by atoms with Crippen molar-refractivity contribution in [2.75, 3.05) is 23.8 Å². The van der Waals surface area contributed by atoms with E-state index in [1.54, 1.807) is 12.1 Å². The second kappa shape index (κ2) is 7.11. The highest BCUT2D eigenvalue weighted by molar-refractivity contribution is 6.04. The number of benzene rings is 2. The van der Waals surface area contributed by atoms with Crippen LogP contribution in [0, 0.1) is 0 Å². The molecule has 0 bridgehead atoms. The summed E-state index contributed by atoms with van der Waals surface area (Å²) in [6.07, 6.45) is -3.32. The number of rotatable bonds is 3. The van der Waals surface area contributed by atoms with Gasteiger partial charge >= 0.3 is 6.18 Å². The lowest BCUT2D eigenvalue weighted by Gasteiger charge is -2.19. The number of carbonyl (C=O) groups excluding carboxylic acids is 1. The number of ether oxygens (including phenoxy) is 1. The van der Waals surface area contributed by atoms with Crippen LogP contribution in [-0.4, -0.2) is 25.2 Å². The van der Waals surface area contributed by atoms with E-state index in [-0.39, 0.29) is 5.91 Å². The molecule has 0 saturated carbocycles. The Morgan fingerprint density at radius 1 is 1.19 bits per heavy atom. The molecule has 136 valence electrons. The molecule has 1 amide bonds. The predicted octanol–water partition coefficient (Wildman–Crippen LogP) is 4.71. The van der Waals surface area contributed by atoms with E-state index >= 15 is 0 Å². The van der Waals surface area contributed by atoms with Gasteiger partial charge in [-0.05, 0) is 42.8 Å². The van der Waals surface area contributed by atoms with Crippen LogP contribution in [0.15, 0.2) is 48.0 Å². The molecule has 0 atom stereocenters. The van der Waals surface area contributed by atoms with E-state index in [2.05, 4.69) is 10.6 Å². The Morgan fingerprint density at radius 2 is 1.92 bits per heavy atom. The molecule has 0 saturated heterocycles. The number of carbonyl (C=O) groups is 1. The Hall–Kier alpha value is -2.96. The van der Waals surface area contributed by atoms with Crippen molar-refractivity contribution in [3.05, 3.63) is 59.2 Å². The summed E-state index contributed by atoms with van der Waals surface area (Å²) >= 11 is 0. The van der Waals surface area contributed by atoms with E-state index in [1.807, 2.05) is 6.07 Å². The summed E-state index contributed by atoms with van der Waals surface area (Å²) in [6, 6.07) is 11.2. The molecule has 0 unspecified atom stereocenters. The summed E-state index contributed by atoms with van der Waals surface area (Å²) in [5.74, 6) is 0.314. The third-order valence-corrected chi connectivity index (χ3v) is 3.92. The smallest absolute Gasteiger partial charge is 0.412 e. The summed E-state index contributed by atoms with van der Waals surface area (Å²) < 4.78 is 43.2. The Labute approximate surface area is 148 Å². The Morgan fingerprint density at radius 3 is 2.62 bits per heavy atom. The fourth-order valence-corrected chi connectivity index (χ4v) is 2.48. The van der Waals surface area contributed by atoms with Gasteiger partial charge in [-0.1, -0.05) is 12.1 Å². The minimum absolute atomic E-state index is 0.350. The molecule has 0 aliphatic carbocycles. The number of hydrogen-bond donors (Lipinski definition) is 2. The molecule has 4 nitrogen and oxygen atoms in total. The minimum Gasteiger partial charge on any atom is -0.490 e. The standard InChI is InChI=1S/C19H17F3N2O2/c1-12(19(20,21)22)10-13-2-4-14(5-3-13)18(25)24-15-6-7-16-17(11-15)26-9-8-23-16/h2-7,10-11,23H,8-9H2,1H3,(H,24,25). The highest BCUT2D eigenvalue weighted by Crippen LogP contribution is 2.30. The summed E-state index contributed by atoms with van der Waals surface area (Å²) in [4.78, 5) is 12.3. The van der Waals surface area contributed by atoms with E-state index < -0.39 is 11.7 Å². The van der Waals surface area contributed by atoms with E-state index in [0.29, 0.717) is 29.2 Å². The normalized spacial score (nSPS) is 14.1. The average molecular weight is 362 g/mol. The van der Waals surface area contributed by atoms with Gasteiger partial charge in [0.1, 0.15) is 12.4 Å². The largest absolute Gasteiger partial charge is 0.490 e. The van der Waals surface area contributed by atoms with Crippen LogP contribution in [0.5, 0.6) is 5.75 Å². The molecule has 2 N–H and O–H groups in total. The molecule has 26 heavy (non-hydrogen) atoms. The number of nitrogens with one attached hydrogen (secondary N) is 2. The van der Waals surface area contributed by atoms with Crippen LogP contribution in [0.1, 0.15) is 22.8 Å². The molecule has 0 aromatic heterocycles. The quantitative estimate of drug-likeness (QED) is 0.831. The highest BCUT2D eigenvalue weighted by Gasteiger charge is 2.29. The first-order valence-electron chi connectivity index (χ1n) is 8.00. The van der Waals surface area contributed by atoms with Crippen LogP contribution in [-0.2, 0) is 0 Å². The molecule has 0 spiro atoms. The second-order valence-corrected chi connectivity index (χ2v) is 5.89. The first kappa shape index (κ1) is 17.8. The molecule has 2 aromatic carbocycles. The van der Waals surface area contributed by atoms with Crippen molar-refractivity contribution in [1.82, 2.24) is 0 Å². The highest BCUT2D eigenvalue weighted by atomic mass is 19.4. The molecule has 0 fully saturated rings. The zero-order chi connectivity index (χ0) is 18.7. The molecule has 7 heteroatoms. The third-order valence-electron chi connectivity index (χ3n) is 3.92. The van der Waals surface area contributed by atoms with Crippen molar-refractivity contribution < 1.29 is 22.7 Å². The predicted molar refractivity (Wildman–Crippen MR) is 94.5 cm³/mol. The molecule has 1 heterocycles. The van der Waals surface area contributed by atoms with Gasteiger partial charge in [0.15, 0.2) is 0 Å². The number of alkyl halides is 3. The van der Waals surface area contributed by atoms with Crippen LogP contribution in [0.2, 0.25) is 0 Å². The maximum Gasteiger partial charge on any atom is 0.412 e. The number of fused-ring (bicyclic) bond motifs is 1. The molecule has 0 radical (unpaired) electrons. The Bertz CT molecular complexity index is 843. The first-order valence-corrected chi connectivity index (χ1v) is 8.00. The van der Waals surface area contributed by atoms with E-state index in [9.17, 15) is 18.0 Å². The van der Waals surface area contributed by atoms with Crippen molar-refractivity contribution in [2.24, 2.45) is 0 Å². The molecular formula is C19H17F3N2O2. The third kappa shape index (κ3) is 4.17. The lowest BCUT2D eigenvalue weighted by Crippen LogP contribution is -2.18. The van der Waals surface area contributed by atoms with Gasteiger partial charge in [0.25, 0.3) is 5.91 Å². The van der Waals surface area contributed by atoms with Gasteiger partial charge in [0.2, 0.25) is 0 Å². The summed E-state index contributed by atoms with van der Waals surface area (Å²) in [5, 5.41) is 5.93. The molecule has 3 rings (SSSR count). The number of amides is 1. The maximum atomic E-state index is 12.6. The zero-order valence-corrected chi connectivity index (χ0v) is 14.0. The molecule has 1 aliphatic rings. The van der Waals surface area contributed by atoms with Crippen LogP contribution in [0.3, 0.4) is 0 Å². The number of allylic oxidation sites excluding steroid dienone is 1. The number of halogens is 3. The van der Waals surface area contributed by atoms with Crippen LogP contribution in [0.25, 0.3) is 6.08 Å². The number of anilines is 2. The van der Waals surface area contributed by atoms with Gasteiger partial charge in [0, 0.05) is 29.4 Å². The van der Waals surface area contributed by atoms with Crippen molar-refractivity contribution in [1.29, 1.82) is 0 Å².